The molecule has 2 fully saturated rings. The highest BCUT2D eigenvalue weighted by atomic mass is 19.1. The largest absolute Gasteiger partial charge is 0.353 e. The number of fused-ring (bicyclic) bond motifs is 1. The highest BCUT2D eigenvalue weighted by Crippen LogP contribution is 2.45. The van der Waals surface area contributed by atoms with E-state index >= 15 is 0 Å². The number of piperazine rings is 1. The summed E-state index contributed by atoms with van der Waals surface area (Å²) in [6.45, 7) is 4.85. The van der Waals surface area contributed by atoms with E-state index in [1.165, 1.54) is 30.7 Å². The maximum absolute atomic E-state index is 14.1. The van der Waals surface area contributed by atoms with Gasteiger partial charge in [0.05, 0.1) is 11.7 Å². The first-order valence-electron chi connectivity index (χ1n) is 11.6. The Labute approximate surface area is 196 Å². The second-order valence-corrected chi connectivity index (χ2v) is 8.96. The molecule has 4 aromatic rings. The first-order chi connectivity index (χ1) is 16.7. The summed E-state index contributed by atoms with van der Waals surface area (Å²) in [5, 5.41) is 7.57. The molecule has 2 aliphatic rings. The maximum Gasteiger partial charge on any atom is 0.167 e. The Morgan fingerprint density at radius 2 is 2.03 bits per heavy atom. The molecule has 9 heteroatoms. The first-order valence-corrected chi connectivity index (χ1v) is 11.6. The zero-order chi connectivity index (χ0) is 23.1. The standard InChI is InChI=1S/C25H25FN8/c1-15-14-34(10-9-28-15)25-22-18(16-4-5-16)12-27-13-20(22)31-23(33-25)17-6-8-29-21(11-17)32-24-19(26)3-2-7-30-24/h2-3,6-8,11-13,15-16,28H,4-5,9-10,14H2,1H3,(H,29,30,32)/t15-/m0/s1. The van der Waals surface area contributed by atoms with E-state index in [-0.39, 0.29) is 5.82 Å². The Morgan fingerprint density at radius 1 is 1.12 bits per heavy atom. The van der Waals surface area contributed by atoms with Gasteiger partial charge in [-0.1, -0.05) is 0 Å². The molecular formula is C25H25FN8. The fraction of sp³-hybridized carbons (Fsp3) is 0.320. The van der Waals surface area contributed by atoms with Crippen molar-refractivity contribution in [2.24, 2.45) is 0 Å². The van der Waals surface area contributed by atoms with Crippen molar-refractivity contribution in [2.75, 3.05) is 29.9 Å². The quantitative estimate of drug-likeness (QED) is 0.465. The molecular weight excluding hydrogens is 431 g/mol. The minimum absolute atomic E-state index is 0.125. The normalized spacial score (nSPS) is 18.3. The Hall–Kier alpha value is -3.72. The lowest BCUT2D eigenvalue weighted by molar-refractivity contribution is 0.483. The van der Waals surface area contributed by atoms with Crippen LogP contribution in [-0.4, -0.2) is 50.6 Å². The van der Waals surface area contributed by atoms with Crippen LogP contribution in [-0.2, 0) is 0 Å². The third kappa shape index (κ3) is 4.03. The topological polar surface area (TPSA) is 91.8 Å². The molecule has 0 spiro atoms. The van der Waals surface area contributed by atoms with Crippen molar-refractivity contribution in [1.29, 1.82) is 0 Å². The number of rotatable bonds is 5. The molecule has 0 unspecified atom stereocenters. The summed E-state index contributed by atoms with van der Waals surface area (Å²) in [5.74, 6) is 2.25. The fourth-order valence-corrected chi connectivity index (χ4v) is 4.51. The van der Waals surface area contributed by atoms with Crippen molar-refractivity contribution in [3.05, 3.63) is 60.4 Å². The number of nitrogens with zero attached hydrogens (tertiary/aromatic N) is 6. The van der Waals surface area contributed by atoms with Gasteiger partial charge in [-0.25, -0.2) is 24.3 Å². The Bertz CT molecular complexity index is 1360. The number of anilines is 3. The van der Waals surface area contributed by atoms with Crippen LogP contribution in [0.15, 0.2) is 49.1 Å². The van der Waals surface area contributed by atoms with E-state index in [2.05, 4.69) is 37.4 Å². The average Bonchev–Trinajstić information content (AvgIpc) is 3.70. The smallest absolute Gasteiger partial charge is 0.167 e. The van der Waals surface area contributed by atoms with Gasteiger partial charge in [-0.15, -0.1) is 0 Å². The Balaban J connectivity index is 1.45. The van der Waals surface area contributed by atoms with Crippen molar-refractivity contribution >= 4 is 28.4 Å². The van der Waals surface area contributed by atoms with Gasteiger partial charge in [-0.2, -0.15) is 0 Å². The van der Waals surface area contributed by atoms with E-state index in [0.29, 0.717) is 23.6 Å². The van der Waals surface area contributed by atoms with Gasteiger partial charge < -0.3 is 15.5 Å². The molecule has 34 heavy (non-hydrogen) atoms. The van der Waals surface area contributed by atoms with E-state index in [4.69, 9.17) is 9.97 Å². The second-order valence-electron chi connectivity index (χ2n) is 8.96. The molecule has 8 nitrogen and oxygen atoms in total. The van der Waals surface area contributed by atoms with E-state index < -0.39 is 5.82 Å². The first kappa shape index (κ1) is 20.9. The Kier molecular flexibility index (Phi) is 5.26. The van der Waals surface area contributed by atoms with Crippen molar-refractivity contribution in [1.82, 2.24) is 30.2 Å². The molecule has 1 saturated heterocycles. The molecule has 0 radical (unpaired) electrons. The van der Waals surface area contributed by atoms with Gasteiger partial charge in [0.25, 0.3) is 0 Å². The molecule has 172 valence electrons. The van der Waals surface area contributed by atoms with Crippen molar-refractivity contribution in [2.45, 2.75) is 31.7 Å². The van der Waals surface area contributed by atoms with Crippen LogP contribution < -0.4 is 15.5 Å². The van der Waals surface area contributed by atoms with Crippen LogP contribution >= 0.6 is 0 Å². The lowest BCUT2D eigenvalue weighted by Gasteiger charge is -2.33. The Morgan fingerprint density at radius 3 is 2.85 bits per heavy atom. The van der Waals surface area contributed by atoms with E-state index in [9.17, 15) is 4.39 Å². The van der Waals surface area contributed by atoms with Gasteiger partial charge in [0.15, 0.2) is 17.5 Å². The summed E-state index contributed by atoms with van der Waals surface area (Å²) in [6, 6.07) is 6.96. The van der Waals surface area contributed by atoms with E-state index in [1.807, 2.05) is 24.5 Å². The summed E-state index contributed by atoms with van der Waals surface area (Å²) < 4.78 is 14.1. The molecule has 5 heterocycles. The van der Waals surface area contributed by atoms with Gasteiger partial charge >= 0.3 is 0 Å². The number of hydrogen-bond donors (Lipinski definition) is 2. The molecule has 0 bridgehead atoms. The molecule has 1 saturated carbocycles. The minimum atomic E-state index is -0.439. The van der Waals surface area contributed by atoms with Crippen LogP contribution in [0, 0.1) is 5.82 Å². The minimum Gasteiger partial charge on any atom is -0.353 e. The third-order valence-electron chi connectivity index (χ3n) is 6.33. The van der Waals surface area contributed by atoms with Gasteiger partial charge in [-0.3, -0.25) is 4.98 Å². The van der Waals surface area contributed by atoms with Crippen molar-refractivity contribution < 1.29 is 4.39 Å². The summed E-state index contributed by atoms with van der Waals surface area (Å²) in [5.41, 5.74) is 2.88. The molecule has 1 aliphatic heterocycles. The van der Waals surface area contributed by atoms with Crippen LogP contribution in [0.25, 0.3) is 22.3 Å². The molecule has 6 rings (SSSR count). The number of halogens is 1. The van der Waals surface area contributed by atoms with Gasteiger partial charge in [0, 0.05) is 55.2 Å². The van der Waals surface area contributed by atoms with Crippen LogP contribution in [0.5, 0.6) is 0 Å². The highest BCUT2D eigenvalue weighted by molar-refractivity contribution is 5.94. The molecule has 0 aromatic carbocycles. The summed E-state index contributed by atoms with van der Waals surface area (Å²) in [4.78, 5) is 25.2. The number of aromatic nitrogens is 5. The molecule has 1 atom stereocenters. The third-order valence-corrected chi connectivity index (χ3v) is 6.33. The molecule has 4 aromatic heterocycles. The van der Waals surface area contributed by atoms with Crippen LogP contribution in [0.3, 0.4) is 0 Å². The van der Waals surface area contributed by atoms with Crippen LogP contribution in [0.4, 0.5) is 21.8 Å². The molecule has 0 amide bonds. The lowest BCUT2D eigenvalue weighted by Crippen LogP contribution is -2.49. The monoisotopic (exact) mass is 456 g/mol. The van der Waals surface area contributed by atoms with Gasteiger partial charge in [0.2, 0.25) is 0 Å². The van der Waals surface area contributed by atoms with Crippen LogP contribution in [0.2, 0.25) is 0 Å². The fourth-order valence-electron chi connectivity index (χ4n) is 4.51. The number of pyridine rings is 3. The summed E-state index contributed by atoms with van der Waals surface area (Å²) in [6.07, 6.45) is 9.37. The second kappa shape index (κ2) is 8.57. The zero-order valence-corrected chi connectivity index (χ0v) is 18.9. The van der Waals surface area contributed by atoms with Crippen molar-refractivity contribution in [3.63, 3.8) is 0 Å². The maximum atomic E-state index is 14.1. The molecule has 2 N–H and O–H groups in total. The summed E-state index contributed by atoms with van der Waals surface area (Å²) in [7, 11) is 0. The van der Waals surface area contributed by atoms with Gasteiger partial charge in [-0.05, 0) is 55.5 Å². The van der Waals surface area contributed by atoms with Crippen LogP contribution in [0.1, 0.15) is 31.2 Å². The predicted molar refractivity (Wildman–Crippen MR) is 130 cm³/mol. The highest BCUT2D eigenvalue weighted by Gasteiger charge is 2.30. The molecule has 1 aliphatic carbocycles. The number of hydrogen-bond acceptors (Lipinski definition) is 8. The predicted octanol–water partition coefficient (Wildman–Crippen LogP) is 4.04. The lowest BCUT2D eigenvalue weighted by atomic mass is 10.1. The van der Waals surface area contributed by atoms with E-state index in [0.717, 1.165) is 41.9 Å². The average molecular weight is 457 g/mol. The van der Waals surface area contributed by atoms with E-state index in [1.54, 1.807) is 12.3 Å². The number of nitrogens with one attached hydrogen (secondary N) is 2. The zero-order valence-electron chi connectivity index (χ0n) is 18.9. The SMILES string of the molecule is C[C@H]1CN(c2nc(-c3ccnc(Nc4ncccc4F)c3)nc3cncc(C4CC4)c23)CCN1. The summed E-state index contributed by atoms with van der Waals surface area (Å²) >= 11 is 0. The van der Waals surface area contributed by atoms with Gasteiger partial charge in [0.1, 0.15) is 11.6 Å². The van der Waals surface area contributed by atoms with Crippen molar-refractivity contribution in [3.8, 4) is 11.4 Å².